The molecule has 0 spiro atoms. The van der Waals surface area contributed by atoms with Crippen molar-refractivity contribution in [1.29, 1.82) is 0 Å². The van der Waals surface area contributed by atoms with Gasteiger partial charge in [-0.25, -0.2) is 12.8 Å². The molecule has 0 aromatic heterocycles. The van der Waals surface area contributed by atoms with Gasteiger partial charge in [-0.2, -0.15) is 0 Å². The summed E-state index contributed by atoms with van der Waals surface area (Å²) in [5, 5.41) is 2.51. The smallest absolute Gasteiger partial charge is 0.264 e. The number of hydrogen-bond acceptors (Lipinski definition) is 5. The van der Waals surface area contributed by atoms with E-state index in [1.54, 1.807) is 19.1 Å². The van der Waals surface area contributed by atoms with Gasteiger partial charge >= 0.3 is 0 Å². The van der Waals surface area contributed by atoms with Crippen LogP contribution in [0.5, 0.6) is 5.75 Å². The maximum Gasteiger partial charge on any atom is 0.264 e. The number of benzene rings is 3. The zero-order chi connectivity index (χ0) is 24.0. The number of anilines is 2. The Kier molecular flexibility index (Phi) is 7.29. The fourth-order valence-electron chi connectivity index (χ4n) is 3.05. The molecule has 3 aromatic rings. The second kappa shape index (κ2) is 10.1. The molecule has 172 valence electrons. The van der Waals surface area contributed by atoms with Gasteiger partial charge in [-0.05, 0) is 67.6 Å². The Bertz CT molecular complexity index is 1250. The van der Waals surface area contributed by atoms with Crippen molar-refractivity contribution in [2.75, 3.05) is 22.8 Å². The lowest BCUT2D eigenvalue weighted by Gasteiger charge is -2.24. The molecule has 0 heterocycles. The molecule has 0 fully saturated rings. The zero-order valence-corrected chi connectivity index (χ0v) is 18.5. The first-order valence-electron chi connectivity index (χ1n) is 9.92. The third-order valence-corrected chi connectivity index (χ3v) is 6.38. The number of carbonyl (C=O) groups is 2. The van der Waals surface area contributed by atoms with E-state index in [4.69, 9.17) is 10.5 Å². The van der Waals surface area contributed by atoms with Crippen LogP contribution < -0.4 is 20.1 Å². The monoisotopic (exact) mass is 471 g/mol. The number of nitrogens with two attached hydrogens (primary N) is 1. The molecule has 0 aliphatic heterocycles. The molecule has 10 heteroatoms. The van der Waals surface area contributed by atoms with E-state index < -0.39 is 34.2 Å². The fraction of sp³-hybridized carbons (Fsp3) is 0.130. The number of rotatable bonds is 9. The second-order valence-electron chi connectivity index (χ2n) is 6.85. The highest BCUT2D eigenvalue weighted by molar-refractivity contribution is 7.92. The van der Waals surface area contributed by atoms with Gasteiger partial charge in [0.05, 0.1) is 28.4 Å². The van der Waals surface area contributed by atoms with Crippen molar-refractivity contribution in [3.05, 3.63) is 84.2 Å². The molecule has 3 aromatic carbocycles. The number of ether oxygens (including phenoxy) is 1. The van der Waals surface area contributed by atoms with E-state index in [9.17, 15) is 22.4 Å². The van der Waals surface area contributed by atoms with Gasteiger partial charge in [-0.3, -0.25) is 13.9 Å². The topological polar surface area (TPSA) is 119 Å². The van der Waals surface area contributed by atoms with Crippen molar-refractivity contribution >= 4 is 33.2 Å². The average molecular weight is 472 g/mol. The summed E-state index contributed by atoms with van der Waals surface area (Å²) in [4.78, 5) is 24.3. The maximum absolute atomic E-state index is 13.5. The van der Waals surface area contributed by atoms with Crippen LogP contribution in [0.4, 0.5) is 15.8 Å². The van der Waals surface area contributed by atoms with E-state index in [1.165, 1.54) is 48.5 Å². The predicted molar refractivity (Wildman–Crippen MR) is 122 cm³/mol. The van der Waals surface area contributed by atoms with Crippen LogP contribution in [0.2, 0.25) is 0 Å². The van der Waals surface area contributed by atoms with E-state index in [0.717, 1.165) is 16.4 Å². The average Bonchev–Trinajstić information content (AvgIpc) is 2.79. The van der Waals surface area contributed by atoms with E-state index in [1.807, 2.05) is 0 Å². The molecular weight excluding hydrogens is 449 g/mol. The number of carbonyl (C=O) groups excluding carboxylic acids is 2. The third kappa shape index (κ3) is 5.66. The summed E-state index contributed by atoms with van der Waals surface area (Å²) in [7, 11) is -4.21. The summed E-state index contributed by atoms with van der Waals surface area (Å²) in [6.45, 7) is 1.59. The SMILES string of the molecule is CCOc1ccc(S(=O)(=O)N(CC(=O)Nc2ccccc2C(N)=O)c2ccc(F)cc2)cc1. The van der Waals surface area contributed by atoms with E-state index >= 15 is 0 Å². The Morgan fingerprint density at radius 3 is 2.24 bits per heavy atom. The van der Waals surface area contributed by atoms with E-state index in [-0.39, 0.29) is 21.8 Å². The van der Waals surface area contributed by atoms with Crippen molar-refractivity contribution in [2.24, 2.45) is 5.73 Å². The minimum atomic E-state index is -4.21. The highest BCUT2D eigenvalue weighted by Gasteiger charge is 2.28. The molecule has 0 aliphatic carbocycles. The number of nitrogens with zero attached hydrogens (tertiary/aromatic N) is 1. The summed E-state index contributed by atoms with van der Waals surface area (Å²) in [6, 6.07) is 16.5. The summed E-state index contributed by atoms with van der Waals surface area (Å²) in [5.41, 5.74) is 5.64. The Hall–Kier alpha value is -3.92. The van der Waals surface area contributed by atoms with Crippen LogP contribution >= 0.6 is 0 Å². The highest BCUT2D eigenvalue weighted by Crippen LogP contribution is 2.26. The number of para-hydroxylation sites is 1. The Morgan fingerprint density at radius 1 is 1.00 bits per heavy atom. The first-order chi connectivity index (χ1) is 15.7. The minimum absolute atomic E-state index is 0.0774. The van der Waals surface area contributed by atoms with E-state index in [0.29, 0.717) is 12.4 Å². The number of nitrogens with one attached hydrogen (secondary N) is 1. The molecule has 8 nitrogen and oxygen atoms in total. The van der Waals surface area contributed by atoms with Crippen molar-refractivity contribution in [3.63, 3.8) is 0 Å². The standard InChI is InChI=1S/C23H22FN3O5S/c1-2-32-18-11-13-19(14-12-18)33(30,31)27(17-9-7-16(24)8-10-17)15-22(28)26-21-6-4-3-5-20(21)23(25)29/h3-14H,2,15H2,1H3,(H2,25,29)(H,26,28). The van der Waals surface area contributed by atoms with Gasteiger partial charge in [0.25, 0.3) is 15.9 Å². The predicted octanol–water partition coefficient (Wildman–Crippen LogP) is 3.16. The lowest BCUT2D eigenvalue weighted by Crippen LogP contribution is -2.38. The van der Waals surface area contributed by atoms with Gasteiger partial charge in [0.1, 0.15) is 18.1 Å². The molecule has 3 rings (SSSR count). The van der Waals surface area contributed by atoms with E-state index in [2.05, 4.69) is 5.32 Å². The van der Waals surface area contributed by atoms with Gasteiger partial charge in [0, 0.05) is 0 Å². The molecular formula is C23H22FN3O5S. The van der Waals surface area contributed by atoms with Crippen LogP contribution in [0.15, 0.2) is 77.7 Å². The largest absolute Gasteiger partial charge is 0.494 e. The van der Waals surface area contributed by atoms with Crippen LogP contribution in [0.25, 0.3) is 0 Å². The third-order valence-electron chi connectivity index (χ3n) is 4.59. The Morgan fingerprint density at radius 2 is 1.64 bits per heavy atom. The van der Waals surface area contributed by atoms with Crippen molar-refractivity contribution in [2.45, 2.75) is 11.8 Å². The van der Waals surface area contributed by atoms with Gasteiger partial charge < -0.3 is 15.8 Å². The molecule has 0 saturated carbocycles. The molecule has 0 aliphatic rings. The van der Waals surface area contributed by atoms with Gasteiger partial charge in [0.15, 0.2) is 0 Å². The van der Waals surface area contributed by atoms with Crippen molar-refractivity contribution in [3.8, 4) is 5.75 Å². The summed E-state index contributed by atoms with van der Waals surface area (Å²) in [5.74, 6) is -1.53. The van der Waals surface area contributed by atoms with Crippen molar-refractivity contribution in [1.82, 2.24) is 0 Å². The van der Waals surface area contributed by atoms with Crippen molar-refractivity contribution < 1.29 is 27.1 Å². The maximum atomic E-state index is 13.5. The highest BCUT2D eigenvalue weighted by atomic mass is 32.2. The van der Waals surface area contributed by atoms with Gasteiger partial charge in [0.2, 0.25) is 5.91 Å². The summed E-state index contributed by atoms with van der Waals surface area (Å²) in [6.07, 6.45) is 0. The summed E-state index contributed by atoms with van der Waals surface area (Å²) >= 11 is 0. The Balaban J connectivity index is 1.94. The van der Waals surface area contributed by atoms with Gasteiger partial charge in [-0.15, -0.1) is 0 Å². The molecule has 0 bridgehead atoms. The zero-order valence-electron chi connectivity index (χ0n) is 17.7. The first-order valence-corrected chi connectivity index (χ1v) is 11.4. The number of amides is 2. The number of primary amides is 1. The second-order valence-corrected chi connectivity index (χ2v) is 8.71. The van der Waals surface area contributed by atoms with Crippen LogP contribution in [0, 0.1) is 5.82 Å². The number of halogens is 1. The normalized spacial score (nSPS) is 11.0. The molecule has 0 radical (unpaired) electrons. The van der Waals surface area contributed by atoms with Crippen LogP contribution in [-0.2, 0) is 14.8 Å². The quantitative estimate of drug-likeness (QED) is 0.497. The number of hydrogen-bond donors (Lipinski definition) is 2. The number of sulfonamides is 1. The molecule has 3 N–H and O–H groups in total. The molecule has 0 saturated heterocycles. The molecule has 0 unspecified atom stereocenters. The van der Waals surface area contributed by atoms with Crippen LogP contribution in [-0.4, -0.2) is 33.4 Å². The first kappa shape index (κ1) is 23.7. The van der Waals surface area contributed by atoms with Crippen LogP contribution in [0.3, 0.4) is 0 Å². The lowest BCUT2D eigenvalue weighted by atomic mass is 10.1. The summed E-state index contributed by atoms with van der Waals surface area (Å²) < 4.78 is 46.4. The minimum Gasteiger partial charge on any atom is -0.494 e. The Labute approximate surface area is 190 Å². The molecule has 2 amide bonds. The van der Waals surface area contributed by atoms with Crippen LogP contribution in [0.1, 0.15) is 17.3 Å². The fourth-order valence-corrected chi connectivity index (χ4v) is 4.47. The molecule has 0 atom stereocenters. The lowest BCUT2D eigenvalue weighted by molar-refractivity contribution is -0.114. The van der Waals surface area contributed by atoms with Gasteiger partial charge in [-0.1, -0.05) is 12.1 Å². The molecule has 33 heavy (non-hydrogen) atoms.